The highest BCUT2D eigenvalue weighted by atomic mass is 19.1. The number of nitrogen functional groups attached to an aromatic ring is 1. The number of aliphatic hydroxyl groups is 1. The van der Waals surface area contributed by atoms with E-state index in [0.717, 1.165) is 12.5 Å². The molecule has 17 heavy (non-hydrogen) atoms. The van der Waals surface area contributed by atoms with Gasteiger partial charge in [-0.15, -0.1) is 0 Å². The Labute approximate surface area is 98.1 Å². The monoisotopic (exact) mass is 243 g/mol. The maximum Gasteiger partial charge on any atom is 0.168 e. The van der Waals surface area contributed by atoms with Crippen LogP contribution in [-0.2, 0) is 0 Å². The van der Waals surface area contributed by atoms with Crippen LogP contribution >= 0.6 is 0 Å². The fraction of sp³-hybridized carbons (Fsp3) is 0.545. The minimum Gasteiger partial charge on any atom is -0.388 e. The van der Waals surface area contributed by atoms with Gasteiger partial charge in [-0.25, -0.2) is 13.8 Å². The molecule has 2 heterocycles. The molecular formula is C11H15F2N3O. The summed E-state index contributed by atoms with van der Waals surface area (Å²) in [5.74, 6) is -1.94. The molecule has 1 aliphatic rings. The Kier molecular flexibility index (Phi) is 2.91. The average Bonchev–Trinajstić information content (AvgIpc) is 2.22. The van der Waals surface area contributed by atoms with Gasteiger partial charge in [-0.2, -0.15) is 0 Å². The molecule has 0 aromatic carbocycles. The summed E-state index contributed by atoms with van der Waals surface area (Å²) in [6.45, 7) is 2.52. The first-order chi connectivity index (χ1) is 7.89. The zero-order valence-corrected chi connectivity index (χ0v) is 9.58. The van der Waals surface area contributed by atoms with Crippen molar-refractivity contribution in [1.29, 1.82) is 0 Å². The van der Waals surface area contributed by atoms with Gasteiger partial charge in [-0.1, -0.05) is 0 Å². The first-order valence-electron chi connectivity index (χ1n) is 5.48. The minimum absolute atomic E-state index is 0.00359. The second-order valence-electron chi connectivity index (χ2n) is 4.68. The number of nitrogens with zero attached hydrogens (tertiary/aromatic N) is 2. The van der Waals surface area contributed by atoms with Crippen LogP contribution in [0.15, 0.2) is 6.07 Å². The maximum atomic E-state index is 13.6. The highest BCUT2D eigenvalue weighted by molar-refractivity contribution is 5.47. The molecular weight excluding hydrogens is 228 g/mol. The van der Waals surface area contributed by atoms with Crippen molar-refractivity contribution < 1.29 is 13.9 Å². The third-order valence-electron chi connectivity index (χ3n) is 2.91. The van der Waals surface area contributed by atoms with Gasteiger partial charge in [0.25, 0.3) is 0 Å². The number of anilines is 2. The van der Waals surface area contributed by atoms with Crippen molar-refractivity contribution in [3.63, 3.8) is 0 Å². The summed E-state index contributed by atoms with van der Waals surface area (Å²) in [5.41, 5.74) is 4.44. The van der Waals surface area contributed by atoms with Gasteiger partial charge in [-0.3, -0.25) is 0 Å². The lowest BCUT2D eigenvalue weighted by molar-refractivity contribution is 0.0445. The fourth-order valence-electron chi connectivity index (χ4n) is 2.09. The second-order valence-corrected chi connectivity index (χ2v) is 4.68. The molecule has 1 unspecified atom stereocenters. The number of pyridine rings is 1. The molecule has 0 radical (unpaired) electrons. The zero-order valence-electron chi connectivity index (χ0n) is 9.58. The van der Waals surface area contributed by atoms with E-state index in [-0.39, 0.29) is 18.2 Å². The topological polar surface area (TPSA) is 62.4 Å². The summed E-state index contributed by atoms with van der Waals surface area (Å²) >= 11 is 0. The first-order valence-corrected chi connectivity index (χ1v) is 5.48. The van der Waals surface area contributed by atoms with E-state index in [2.05, 4.69) is 4.98 Å². The lowest BCUT2D eigenvalue weighted by Crippen LogP contribution is -2.46. The predicted octanol–water partition coefficient (Wildman–Crippen LogP) is 1.29. The van der Waals surface area contributed by atoms with Crippen LogP contribution in [0.4, 0.5) is 20.4 Å². The maximum absolute atomic E-state index is 13.6. The van der Waals surface area contributed by atoms with Gasteiger partial charge in [-0.05, 0) is 19.8 Å². The highest BCUT2D eigenvalue weighted by Crippen LogP contribution is 2.27. The normalized spacial score (nSPS) is 25.1. The van der Waals surface area contributed by atoms with Crippen LogP contribution in [0.2, 0.25) is 0 Å². The number of halogens is 2. The molecule has 1 fully saturated rings. The minimum atomic E-state index is -0.879. The molecule has 0 amide bonds. The predicted molar refractivity (Wildman–Crippen MR) is 60.6 cm³/mol. The summed E-state index contributed by atoms with van der Waals surface area (Å²) in [6.07, 6.45) is 1.38. The SMILES string of the molecule is CC1(O)CCCN(c2nc(N)c(F)cc2F)C1. The van der Waals surface area contributed by atoms with Gasteiger partial charge < -0.3 is 15.7 Å². The number of rotatable bonds is 1. The lowest BCUT2D eigenvalue weighted by Gasteiger charge is -2.37. The molecule has 1 saturated heterocycles. The third kappa shape index (κ3) is 2.46. The van der Waals surface area contributed by atoms with Crippen LogP contribution in [0, 0.1) is 11.6 Å². The van der Waals surface area contributed by atoms with E-state index in [1.165, 1.54) is 0 Å². The van der Waals surface area contributed by atoms with Crippen molar-refractivity contribution in [2.45, 2.75) is 25.4 Å². The summed E-state index contributed by atoms with van der Waals surface area (Å²) in [5, 5.41) is 9.92. The molecule has 2 rings (SSSR count). The fourth-order valence-corrected chi connectivity index (χ4v) is 2.09. The van der Waals surface area contributed by atoms with E-state index in [1.807, 2.05) is 0 Å². The van der Waals surface area contributed by atoms with E-state index in [9.17, 15) is 13.9 Å². The van der Waals surface area contributed by atoms with E-state index < -0.39 is 17.2 Å². The summed E-state index contributed by atoms with van der Waals surface area (Å²) in [6, 6.07) is 0.723. The number of nitrogens with two attached hydrogens (primary N) is 1. The molecule has 1 atom stereocenters. The van der Waals surface area contributed by atoms with Crippen LogP contribution < -0.4 is 10.6 Å². The van der Waals surface area contributed by atoms with Crippen LogP contribution in [0.25, 0.3) is 0 Å². The number of hydrogen-bond donors (Lipinski definition) is 2. The van der Waals surface area contributed by atoms with Crippen LogP contribution in [0.5, 0.6) is 0 Å². The number of piperidine rings is 1. The Morgan fingerprint density at radius 3 is 2.82 bits per heavy atom. The van der Waals surface area contributed by atoms with Crippen LogP contribution in [0.1, 0.15) is 19.8 Å². The van der Waals surface area contributed by atoms with Gasteiger partial charge in [0.15, 0.2) is 23.3 Å². The van der Waals surface area contributed by atoms with Gasteiger partial charge >= 0.3 is 0 Å². The van der Waals surface area contributed by atoms with Crippen molar-refractivity contribution in [3.05, 3.63) is 17.7 Å². The second kappa shape index (κ2) is 4.10. The van der Waals surface area contributed by atoms with Crippen molar-refractivity contribution in [2.75, 3.05) is 23.7 Å². The van der Waals surface area contributed by atoms with Crippen molar-refractivity contribution in [2.24, 2.45) is 0 Å². The number of hydrogen-bond acceptors (Lipinski definition) is 4. The van der Waals surface area contributed by atoms with Gasteiger partial charge in [0.05, 0.1) is 5.60 Å². The number of β-amino-alcohol motifs (C(OH)–C–C–N with tert-alkyl or cyclic N) is 1. The summed E-state index contributed by atoms with van der Waals surface area (Å²) in [7, 11) is 0. The van der Waals surface area contributed by atoms with Crippen molar-refractivity contribution in [1.82, 2.24) is 4.98 Å². The average molecular weight is 243 g/mol. The highest BCUT2D eigenvalue weighted by Gasteiger charge is 2.30. The molecule has 94 valence electrons. The van der Waals surface area contributed by atoms with E-state index in [1.54, 1.807) is 11.8 Å². The standard InChI is InChI=1S/C11H15F2N3O/c1-11(17)3-2-4-16(6-11)10-8(13)5-7(12)9(14)15-10/h5,17H,2-4,6H2,1H3,(H2,14,15). The third-order valence-corrected chi connectivity index (χ3v) is 2.91. The molecule has 1 aliphatic heterocycles. The molecule has 4 nitrogen and oxygen atoms in total. The van der Waals surface area contributed by atoms with Crippen molar-refractivity contribution >= 4 is 11.6 Å². The quantitative estimate of drug-likeness (QED) is 0.780. The molecule has 0 bridgehead atoms. The van der Waals surface area contributed by atoms with Crippen LogP contribution in [-0.4, -0.2) is 28.8 Å². The molecule has 0 saturated carbocycles. The van der Waals surface area contributed by atoms with Gasteiger partial charge in [0.1, 0.15) is 0 Å². The lowest BCUT2D eigenvalue weighted by atomic mass is 9.95. The van der Waals surface area contributed by atoms with Crippen LogP contribution in [0.3, 0.4) is 0 Å². The molecule has 1 aromatic rings. The molecule has 0 aliphatic carbocycles. The molecule has 6 heteroatoms. The first kappa shape index (κ1) is 12.0. The Balaban J connectivity index is 2.31. The Morgan fingerprint density at radius 2 is 2.18 bits per heavy atom. The Bertz CT molecular complexity index is 437. The zero-order chi connectivity index (χ0) is 12.6. The van der Waals surface area contributed by atoms with E-state index in [4.69, 9.17) is 5.73 Å². The van der Waals surface area contributed by atoms with Gasteiger partial charge in [0.2, 0.25) is 0 Å². The van der Waals surface area contributed by atoms with Crippen molar-refractivity contribution in [3.8, 4) is 0 Å². The molecule has 0 spiro atoms. The largest absolute Gasteiger partial charge is 0.388 e. The van der Waals surface area contributed by atoms with E-state index >= 15 is 0 Å². The number of aromatic nitrogens is 1. The van der Waals surface area contributed by atoms with E-state index in [0.29, 0.717) is 13.0 Å². The molecule has 1 aromatic heterocycles. The Hall–Kier alpha value is -1.43. The summed E-state index contributed by atoms with van der Waals surface area (Å²) < 4.78 is 26.6. The van der Waals surface area contributed by atoms with Gasteiger partial charge in [0, 0.05) is 19.2 Å². The summed E-state index contributed by atoms with van der Waals surface area (Å²) in [4.78, 5) is 5.30. The smallest absolute Gasteiger partial charge is 0.168 e. The molecule has 3 N–H and O–H groups in total. The Morgan fingerprint density at radius 1 is 1.47 bits per heavy atom.